The molecule has 3 unspecified atom stereocenters. The molecular weight excluding hydrogens is 228 g/mol. The SMILES string of the molecule is CCCN1CCOC(C(NCC)C2CCOC2)C1. The highest BCUT2D eigenvalue weighted by molar-refractivity contribution is 4.89. The minimum absolute atomic E-state index is 0.331. The van der Waals surface area contributed by atoms with E-state index in [9.17, 15) is 0 Å². The monoisotopic (exact) mass is 256 g/mol. The maximum Gasteiger partial charge on any atom is 0.0858 e. The van der Waals surface area contributed by atoms with E-state index in [1.165, 1.54) is 19.4 Å². The number of ether oxygens (including phenoxy) is 2. The highest BCUT2D eigenvalue weighted by Gasteiger charge is 2.34. The molecule has 0 amide bonds. The van der Waals surface area contributed by atoms with Gasteiger partial charge in [0.05, 0.1) is 19.3 Å². The number of nitrogens with one attached hydrogen (secondary N) is 1. The van der Waals surface area contributed by atoms with E-state index in [0.29, 0.717) is 18.1 Å². The fourth-order valence-corrected chi connectivity index (χ4v) is 3.14. The maximum atomic E-state index is 6.02. The van der Waals surface area contributed by atoms with Crippen LogP contribution in [0.1, 0.15) is 26.7 Å². The topological polar surface area (TPSA) is 33.7 Å². The van der Waals surface area contributed by atoms with Gasteiger partial charge in [0.1, 0.15) is 0 Å². The molecular formula is C14H28N2O2. The van der Waals surface area contributed by atoms with Crippen LogP contribution >= 0.6 is 0 Å². The molecule has 0 aliphatic carbocycles. The van der Waals surface area contributed by atoms with Crippen molar-refractivity contribution in [1.82, 2.24) is 10.2 Å². The van der Waals surface area contributed by atoms with Gasteiger partial charge in [0.15, 0.2) is 0 Å². The zero-order chi connectivity index (χ0) is 12.8. The molecule has 0 aromatic rings. The lowest BCUT2D eigenvalue weighted by Gasteiger charge is -2.39. The second-order valence-electron chi connectivity index (χ2n) is 5.42. The highest BCUT2D eigenvalue weighted by Crippen LogP contribution is 2.22. The third kappa shape index (κ3) is 3.67. The Bertz CT molecular complexity index is 230. The van der Waals surface area contributed by atoms with Gasteiger partial charge in [0, 0.05) is 31.7 Å². The van der Waals surface area contributed by atoms with Crippen LogP contribution in [0, 0.1) is 5.92 Å². The zero-order valence-corrected chi connectivity index (χ0v) is 11.9. The predicted molar refractivity (Wildman–Crippen MR) is 72.9 cm³/mol. The van der Waals surface area contributed by atoms with Crippen LogP contribution in [-0.2, 0) is 9.47 Å². The van der Waals surface area contributed by atoms with E-state index < -0.39 is 0 Å². The van der Waals surface area contributed by atoms with Crippen LogP contribution in [0.3, 0.4) is 0 Å². The molecule has 3 atom stereocenters. The molecule has 4 nitrogen and oxygen atoms in total. The third-order valence-electron chi connectivity index (χ3n) is 4.03. The first-order chi connectivity index (χ1) is 8.85. The van der Waals surface area contributed by atoms with Crippen molar-refractivity contribution in [3.05, 3.63) is 0 Å². The van der Waals surface area contributed by atoms with Gasteiger partial charge in [-0.3, -0.25) is 4.90 Å². The Morgan fingerprint density at radius 1 is 1.33 bits per heavy atom. The van der Waals surface area contributed by atoms with E-state index in [1.54, 1.807) is 0 Å². The van der Waals surface area contributed by atoms with Crippen LogP contribution in [0.2, 0.25) is 0 Å². The lowest BCUT2D eigenvalue weighted by Crippen LogP contribution is -2.55. The van der Waals surface area contributed by atoms with Crippen LogP contribution in [0.15, 0.2) is 0 Å². The summed E-state index contributed by atoms with van der Waals surface area (Å²) in [5.74, 6) is 0.622. The van der Waals surface area contributed by atoms with Gasteiger partial charge in [-0.15, -0.1) is 0 Å². The number of likely N-dealkylation sites (N-methyl/N-ethyl adjacent to an activating group) is 1. The van der Waals surface area contributed by atoms with Gasteiger partial charge in [-0.05, 0) is 25.9 Å². The van der Waals surface area contributed by atoms with E-state index in [4.69, 9.17) is 9.47 Å². The number of nitrogens with zero attached hydrogens (tertiary/aromatic N) is 1. The Labute approximate surface area is 111 Å². The lowest BCUT2D eigenvalue weighted by atomic mass is 9.93. The second kappa shape index (κ2) is 7.43. The fraction of sp³-hybridized carbons (Fsp3) is 1.00. The Balaban J connectivity index is 1.91. The Morgan fingerprint density at radius 3 is 2.89 bits per heavy atom. The molecule has 2 aliphatic rings. The largest absolute Gasteiger partial charge is 0.381 e. The van der Waals surface area contributed by atoms with Gasteiger partial charge in [0.2, 0.25) is 0 Å². The minimum atomic E-state index is 0.331. The van der Waals surface area contributed by atoms with Crippen molar-refractivity contribution in [3.8, 4) is 0 Å². The smallest absolute Gasteiger partial charge is 0.0858 e. The van der Waals surface area contributed by atoms with Gasteiger partial charge < -0.3 is 14.8 Å². The molecule has 18 heavy (non-hydrogen) atoms. The van der Waals surface area contributed by atoms with Gasteiger partial charge >= 0.3 is 0 Å². The van der Waals surface area contributed by atoms with Crippen molar-refractivity contribution >= 4 is 0 Å². The van der Waals surface area contributed by atoms with Gasteiger partial charge in [-0.1, -0.05) is 13.8 Å². The summed E-state index contributed by atoms with van der Waals surface area (Å²) in [5, 5.41) is 3.63. The van der Waals surface area contributed by atoms with Crippen molar-refractivity contribution in [2.75, 3.05) is 46.0 Å². The summed E-state index contributed by atoms with van der Waals surface area (Å²) in [6.45, 7) is 11.5. The average Bonchev–Trinajstić information content (AvgIpc) is 2.90. The van der Waals surface area contributed by atoms with Crippen LogP contribution in [-0.4, -0.2) is 63.0 Å². The molecule has 0 saturated carbocycles. The molecule has 2 aliphatic heterocycles. The van der Waals surface area contributed by atoms with Crippen molar-refractivity contribution in [3.63, 3.8) is 0 Å². The molecule has 2 saturated heterocycles. The Hall–Kier alpha value is -0.160. The first-order valence-electron chi connectivity index (χ1n) is 7.50. The maximum absolute atomic E-state index is 6.02. The molecule has 2 rings (SSSR count). The standard InChI is InChI=1S/C14H28N2O2/c1-3-6-16-7-9-18-13(10-16)14(15-4-2)12-5-8-17-11-12/h12-15H,3-11H2,1-2H3. The summed E-state index contributed by atoms with van der Waals surface area (Å²) < 4.78 is 11.6. The number of rotatable bonds is 6. The zero-order valence-electron chi connectivity index (χ0n) is 11.9. The van der Waals surface area contributed by atoms with Crippen LogP contribution in [0.25, 0.3) is 0 Å². The summed E-state index contributed by atoms with van der Waals surface area (Å²) >= 11 is 0. The van der Waals surface area contributed by atoms with Crippen molar-refractivity contribution in [2.45, 2.75) is 38.8 Å². The van der Waals surface area contributed by atoms with Crippen LogP contribution in [0.5, 0.6) is 0 Å². The van der Waals surface area contributed by atoms with Crippen molar-refractivity contribution in [1.29, 1.82) is 0 Å². The number of hydrogen-bond acceptors (Lipinski definition) is 4. The van der Waals surface area contributed by atoms with E-state index in [0.717, 1.165) is 39.5 Å². The van der Waals surface area contributed by atoms with Crippen LogP contribution in [0.4, 0.5) is 0 Å². The summed E-state index contributed by atoms with van der Waals surface area (Å²) in [4.78, 5) is 2.54. The van der Waals surface area contributed by atoms with E-state index in [1.807, 2.05) is 0 Å². The van der Waals surface area contributed by atoms with Gasteiger partial charge in [0.25, 0.3) is 0 Å². The van der Waals surface area contributed by atoms with E-state index >= 15 is 0 Å². The lowest BCUT2D eigenvalue weighted by molar-refractivity contribution is -0.0565. The van der Waals surface area contributed by atoms with Gasteiger partial charge in [-0.2, -0.15) is 0 Å². The third-order valence-corrected chi connectivity index (χ3v) is 4.03. The average molecular weight is 256 g/mol. The van der Waals surface area contributed by atoms with E-state index in [-0.39, 0.29) is 0 Å². The molecule has 106 valence electrons. The summed E-state index contributed by atoms with van der Waals surface area (Å²) in [7, 11) is 0. The quantitative estimate of drug-likeness (QED) is 0.772. The molecule has 2 heterocycles. The molecule has 2 fully saturated rings. The molecule has 0 spiro atoms. The predicted octanol–water partition coefficient (Wildman–Crippen LogP) is 1.11. The molecule has 4 heteroatoms. The summed E-state index contributed by atoms with van der Waals surface area (Å²) in [6.07, 6.45) is 2.73. The molecule has 0 bridgehead atoms. The number of hydrogen-bond donors (Lipinski definition) is 1. The molecule has 0 radical (unpaired) electrons. The van der Waals surface area contributed by atoms with Crippen molar-refractivity contribution in [2.24, 2.45) is 5.92 Å². The van der Waals surface area contributed by atoms with Gasteiger partial charge in [-0.25, -0.2) is 0 Å². The molecule has 0 aromatic heterocycles. The van der Waals surface area contributed by atoms with Crippen LogP contribution < -0.4 is 5.32 Å². The molecule has 1 N–H and O–H groups in total. The first kappa shape index (κ1) is 14.3. The fourth-order valence-electron chi connectivity index (χ4n) is 3.14. The second-order valence-corrected chi connectivity index (χ2v) is 5.42. The van der Waals surface area contributed by atoms with E-state index in [2.05, 4.69) is 24.1 Å². The van der Waals surface area contributed by atoms with Crippen molar-refractivity contribution < 1.29 is 9.47 Å². The summed E-state index contributed by atoms with van der Waals surface area (Å²) in [5.41, 5.74) is 0. The Kier molecular flexibility index (Phi) is 5.89. The number of morpholine rings is 1. The first-order valence-corrected chi connectivity index (χ1v) is 7.50. The minimum Gasteiger partial charge on any atom is -0.381 e. The summed E-state index contributed by atoms with van der Waals surface area (Å²) in [6, 6.07) is 0.456. The molecule has 0 aromatic carbocycles. The normalized spacial score (nSPS) is 31.7. The highest BCUT2D eigenvalue weighted by atomic mass is 16.5. The Morgan fingerprint density at radius 2 is 2.22 bits per heavy atom.